The molecule has 0 saturated carbocycles. The lowest BCUT2D eigenvalue weighted by molar-refractivity contribution is 0.0756. The number of aromatic nitrogens is 3. The maximum Gasteiger partial charge on any atom is 0.273 e. The number of hydrogen-bond donors (Lipinski definition) is 1. The molecule has 0 saturated heterocycles. The molecule has 0 fully saturated rings. The zero-order valence-corrected chi connectivity index (χ0v) is 13.4. The smallest absolute Gasteiger partial charge is 0.273 e. The molecule has 1 aromatic carbocycles. The first kappa shape index (κ1) is 16.5. The van der Waals surface area contributed by atoms with E-state index in [9.17, 15) is 4.79 Å². The summed E-state index contributed by atoms with van der Waals surface area (Å²) in [7, 11) is 0. The molecule has 7 heteroatoms. The number of ether oxygens (including phenoxy) is 1. The Kier molecular flexibility index (Phi) is 5.91. The molecular weight excluding hydrogens is 304 g/mol. The zero-order chi connectivity index (χ0) is 15.9. The van der Waals surface area contributed by atoms with E-state index in [0.717, 1.165) is 12.1 Å². The highest BCUT2D eigenvalue weighted by Gasteiger charge is 2.10. The van der Waals surface area contributed by atoms with Crippen LogP contribution >= 0.6 is 11.6 Å². The first-order valence-electron chi connectivity index (χ1n) is 7.14. The molecular formula is C15H19ClN4O2. The first-order chi connectivity index (χ1) is 10.6. The molecule has 2 aromatic rings. The number of amides is 1. The highest BCUT2D eigenvalue weighted by Crippen LogP contribution is 2.12. The van der Waals surface area contributed by atoms with Crippen LogP contribution in [0.5, 0.6) is 0 Å². The van der Waals surface area contributed by atoms with Crippen LogP contribution in [0.2, 0.25) is 5.02 Å². The molecule has 0 spiro atoms. The monoisotopic (exact) mass is 322 g/mol. The Morgan fingerprint density at radius 1 is 1.36 bits per heavy atom. The molecule has 0 bridgehead atoms. The maximum atomic E-state index is 12.0. The Bertz CT molecular complexity index is 610. The van der Waals surface area contributed by atoms with Gasteiger partial charge < -0.3 is 10.1 Å². The predicted molar refractivity (Wildman–Crippen MR) is 84.4 cm³/mol. The van der Waals surface area contributed by atoms with Crippen molar-refractivity contribution in [2.75, 3.05) is 13.2 Å². The molecule has 0 unspecified atom stereocenters. The van der Waals surface area contributed by atoms with Gasteiger partial charge in [0, 0.05) is 18.2 Å². The van der Waals surface area contributed by atoms with Crippen molar-refractivity contribution in [1.29, 1.82) is 0 Å². The lowest BCUT2D eigenvalue weighted by Crippen LogP contribution is -2.25. The van der Waals surface area contributed by atoms with E-state index in [1.165, 1.54) is 4.68 Å². The molecule has 0 radical (unpaired) electrons. The SMILES string of the molecule is CC(C)OCCCNC(=O)c1cn(-c2ccc(Cl)cc2)nn1. The van der Waals surface area contributed by atoms with E-state index in [1.54, 1.807) is 18.3 Å². The number of carbonyl (C=O) groups excluding carboxylic acids is 1. The third-order valence-electron chi connectivity index (χ3n) is 2.88. The number of nitrogens with one attached hydrogen (secondary N) is 1. The van der Waals surface area contributed by atoms with Crippen molar-refractivity contribution < 1.29 is 9.53 Å². The number of halogens is 1. The standard InChI is InChI=1S/C15H19ClN4O2/c1-11(2)22-9-3-8-17-15(21)14-10-20(19-18-14)13-6-4-12(16)5-7-13/h4-7,10-11H,3,8-9H2,1-2H3,(H,17,21). The van der Waals surface area contributed by atoms with Crippen LogP contribution in [0.15, 0.2) is 30.5 Å². The fourth-order valence-electron chi connectivity index (χ4n) is 1.77. The van der Waals surface area contributed by atoms with E-state index >= 15 is 0 Å². The van der Waals surface area contributed by atoms with E-state index < -0.39 is 0 Å². The molecule has 1 heterocycles. The summed E-state index contributed by atoms with van der Waals surface area (Å²) in [6, 6.07) is 7.13. The van der Waals surface area contributed by atoms with Gasteiger partial charge in [-0.25, -0.2) is 4.68 Å². The third kappa shape index (κ3) is 4.82. The van der Waals surface area contributed by atoms with E-state index in [2.05, 4.69) is 15.6 Å². The molecule has 0 aliphatic heterocycles. The van der Waals surface area contributed by atoms with Crippen molar-refractivity contribution in [3.8, 4) is 5.69 Å². The van der Waals surface area contributed by atoms with Crippen LogP contribution < -0.4 is 5.32 Å². The maximum absolute atomic E-state index is 12.0. The largest absolute Gasteiger partial charge is 0.379 e. The second kappa shape index (κ2) is 7.91. The van der Waals surface area contributed by atoms with E-state index in [0.29, 0.717) is 18.2 Å². The average molecular weight is 323 g/mol. The van der Waals surface area contributed by atoms with Crippen molar-refractivity contribution in [2.45, 2.75) is 26.4 Å². The summed E-state index contributed by atoms with van der Waals surface area (Å²) in [6.07, 6.45) is 2.55. The van der Waals surface area contributed by atoms with Crippen LogP contribution in [-0.2, 0) is 4.74 Å². The number of rotatable bonds is 7. The molecule has 1 aromatic heterocycles. The molecule has 1 amide bonds. The van der Waals surface area contributed by atoms with Crippen LogP contribution in [0.1, 0.15) is 30.8 Å². The van der Waals surface area contributed by atoms with Gasteiger partial charge in [0.2, 0.25) is 0 Å². The fraction of sp³-hybridized carbons (Fsp3) is 0.400. The van der Waals surface area contributed by atoms with Gasteiger partial charge in [-0.1, -0.05) is 16.8 Å². The van der Waals surface area contributed by atoms with E-state index in [4.69, 9.17) is 16.3 Å². The Morgan fingerprint density at radius 3 is 2.77 bits per heavy atom. The molecule has 22 heavy (non-hydrogen) atoms. The Hall–Kier alpha value is -1.92. The minimum atomic E-state index is -0.246. The summed E-state index contributed by atoms with van der Waals surface area (Å²) in [5.74, 6) is -0.246. The molecule has 0 aliphatic carbocycles. The minimum Gasteiger partial charge on any atom is -0.379 e. The Balaban J connectivity index is 1.85. The van der Waals surface area contributed by atoms with Gasteiger partial charge in [-0.05, 0) is 44.5 Å². The van der Waals surface area contributed by atoms with Gasteiger partial charge in [0.15, 0.2) is 5.69 Å². The van der Waals surface area contributed by atoms with Gasteiger partial charge in [0.1, 0.15) is 0 Å². The summed E-state index contributed by atoms with van der Waals surface area (Å²) in [6.45, 7) is 5.12. The van der Waals surface area contributed by atoms with Crippen molar-refractivity contribution in [1.82, 2.24) is 20.3 Å². The van der Waals surface area contributed by atoms with Crippen LogP contribution in [0.4, 0.5) is 0 Å². The third-order valence-corrected chi connectivity index (χ3v) is 3.13. The van der Waals surface area contributed by atoms with Gasteiger partial charge in [0.25, 0.3) is 5.91 Å². The summed E-state index contributed by atoms with van der Waals surface area (Å²) in [5, 5.41) is 11.3. The highest BCUT2D eigenvalue weighted by atomic mass is 35.5. The average Bonchev–Trinajstić information content (AvgIpc) is 2.97. The van der Waals surface area contributed by atoms with Gasteiger partial charge in [-0.2, -0.15) is 0 Å². The van der Waals surface area contributed by atoms with Gasteiger partial charge in [-0.15, -0.1) is 5.10 Å². The van der Waals surface area contributed by atoms with Gasteiger partial charge >= 0.3 is 0 Å². The van der Waals surface area contributed by atoms with Crippen LogP contribution in [0, 0.1) is 0 Å². The quantitative estimate of drug-likeness (QED) is 0.795. The molecule has 2 rings (SSSR count). The zero-order valence-electron chi connectivity index (χ0n) is 12.6. The number of nitrogens with zero attached hydrogens (tertiary/aromatic N) is 3. The molecule has 1 N–H and O–H groups in total. The van der Waals surface area contributed by atoms with Crippen LogP contribution in [-0.4, -0.2) is 40.2 Å². The fourth-order valence-corrected chi connectivity index (χ4v) is 1.90. The molecule has 118 valence electrons. The Morgan fingerprint density at radius 2 is 2.09 bits per heavy atom. The van der Waals surface area contributed by atoms with Crippen LogP contribution in [0.3, 0.4) is 0 Å². The van der Waals surface area contributed by atoms with Gasteiger partial charge in [0.05, 0.1) is 18.0 Å². The van der Waals surface area contributed by atoms with Crippen LogP contribution in [0.25, 0.3) is 5.69 Å². The van der Waals surface area contributed by atoms with Crippen molar-refractivity contribution >= 4 is 17.5 Å². The van der Waals surface area contributed by atoms with Gasteiger partial charge in [-0.3, -0.25) is 4.79 Å². The van der Waals surface area contributed by atoms with E-state index in [-0.39, 0.29) is 17.7 Å². The molecule has 0 atom stereocenters. The first-order valence-corrected chi connectivity index (χ1v) is 7.52. The predicted octanol–water partition coefficient (Wildman–Crippen LogP) is 2.47. The lowest BCUT2D eigenvalue weighted by Gasteiger charge is -2.07. The number of carbonyl (C=O) groups is 1. The molecule has 0 aliphatic rings. The topological polar surface area (TPSA) is 69.0 Å². The number of benzene rings is 1. The van der Waals surface area contributed by atoms with Crippen molar-refractivity contribution in [2.24, 2.45) is 0 Å². The second-order valence-electron chi connectivity index (χ2n) is 5.05. The highest BCUT2D eigenvalue weighted by molar-refractivity contribution is 6.30. The lowest BCUT2D eigenvalue weighted by atomic mass is 10.3. The Labute approximate surface area is 134 Å². The number of hydrogen-bond acceptors (Lipinski definition) is 4. The summed E-state index contributed by atoms with van der Waals surface area (Å²) in [5.41, 5.74) is 1.07. The normalized spacial score (nSPS) is 10.9. The molecule has 6 nitrogen and oxygen atoms in total. The van der Waals surface area contributed by atoms with Crippen molar-refractivity contribution in [3.63, 3.8) is 0 Å². The minimum absolute atomic E-state index is 0.204. The second-order valence-corrected chi connectivity index (χ2v) is 5.49. The van der Waals surface area contributed by atoms with E-state index in [1.807, 2.05) is 26.0 Å². The summed E-state index contributed by atoms with van der Waals surface area (Å²) >= 11 is 5.84. The summed E-state index contributed by atoms with van der Waals surface area (Å²) < 4.78 is 6.94. The van der Waals surface area contributed by atoms with Crippen molar-refractivity contribution in [3.05, 3.63) is 41.2 Å². The summed E-state index contributed by atoms with van der Waals surface area (Å²) in [4.78, 5) is 12.0.